The van der Waals surface area contributed by atoms with Crippen molar-refractivity contribution in [3.63, 3.8) is 0 Å². The maximum Gasteiger partial charge on any atom is 0.160 e. The lowest BCUT2D eigenvalue weighted by molar-refractivity contribution is 0.112. The van der Waals surface area contributed by atoms with Crippen LogP contribution in [0.4, 0.5) is 5.00 Å². The summed E-state index contributed by atoms with van der Waals surface area (Å²) in [6.45, 7) is 6.81. The van der Waals surface area contributed by atoms with Crippen molar-refractivity contribution >= 4 is 22.6 Å². The van der Waals surface area contributed by atoms with Crippen molar-refractivity contribution in [2.45, 2.75) is 90.9 Å². The van der Waals surface area contributed by atoms with E-state index in [0.29, 0.717) is 0 Å². The second-order valence-corrected chi connectivity index (χ2v) is 7.91. The molecule has 0 fully saturated rings. The minimum Gasteiger partial charge on any atom is -0.363 e. The summed E-state index contributed by atoms with van der Waals surface area (Å²) >= 11 is 1.64. The fourth-order valence-electron chi connectivity index (χ4n) is 3.07. The first-order chi connectivity index (χ1) is 11.8. The molecule has 138 valence electrons. The van der Waals surface area contributed by atoms with Crippen LogP contribution in [-0.2, 0) is 0 Å². The molecule has 0 N–H and O–H groups in total. The SMILES string of the molecule is CCCCCCCCN(CCCCCCCC)c1ccc(C=O)s1. The van der Waals surface area contributed by atoms with E-state index in [0.717, 1.165) is 24.3 Å². The number of nitrogens with zero attached hydrogens (tertiary/aromatic N) is 1. The minimum absolute atomic E-state index is 0.848. The summed E-state index contributed by atoms with van der Waals surface area (Å²) in [5.74, 6) is 0. The first-order valence-corrected chi connectivity index (χ1v) is 10.9. The maximum atomic E-state index is 11.0. The zero-order valence-corrected chi connectivity index (χ0v) is 16.7. The number of aldehydes is 1. The third kappa shape index (κ3) is 9.46. The van der Waals surface area contributed by atoms with Gasteiger partial charge in [0, 0.05) is 13.1 Å². The molecule has 0 aliphatic rings. The predicted molar refractivity (Wildman–Crippen MR) is 109 cm³/mol. The number of hydrogen-bond donors (Lipinski definition) is 0. The van der Waals surface area contributed by atoms with Gasteiger partial charge in [-0.2, -0.15) is 0 Å². The van der Waals surface area contributed by atoms with Gasteiger partial charge in [-0.1, -0.05) is 78.1 Å². The van der Waals surface area contributed by atoms with Gasteiger partial charge >= 0.3 is 0 Å². The molecule has 0 radical (unpaired) electrons. The predicted octanol–water partition coefficient (Wildman–Crippen LogP) is 7.09. The molecule has 0 saturated carbocycles. The number of rotatable bonds is 16. The van der Waals surface area contributed by atoms with Gasteiger partial charge in [-0.05, 0) is 25.0 Å². The molecule has 0 aromatic carbocycles. The average molecular weight is 352 g/mol. The normalized spacial score (nSPS) is 10.9. The second-order valence-electron chi connectivity index (χ2n) is 6.82. The van der Waals surface area contributed by atoms with Gasteiger partial charge in [0.25, 0.3) is 0 Å². The number of thiophene rings is 1. The molecule has 0 bridgehead atoms. The largest absolute Gasteiger partial charge is 0.363 e. The van der Waals surface area contributed by atoms with Crippen LogP contribution in [0.1, 0.15) is 101 Å². The Morgan fingerprint density at radius 3 is 1.75 bits per heavy atom. The molecule has 0 amide bonds. The van der Waals surface area contributed by atoms with Crippen LogP contribution in [0.5, 0.6) is 0 Å². The lowest BCUT2D eigenvalue weighted by Crippen LogP contribution is -2.24. The minimum atomic E-state index is 0.848. The zero-order valence-electron chi connectivity index (χ0n) is 15.9. The van der Waals surface area contributed by atoms with Crippen LogP contribution in [0.3, 0.4) is 0 Å². The van der Waals surface area contributed by atoms with Crippen LogP contribution < -0.4 is 4.90 Å². The fraction of sp³-hybridized carbons (Fsp3) is 0.762. The topological polar surface area (TPSA) is 20.3 Å². The fourth-order valence-corrected chi connectivity index (χ4v) is 3.95. The van der Waals surface area contributed by atoms with Crippen molar-refractivity contribution in [3.8, 4) is 0 Å². The Kier molecular flexibility index (Phi) is 12.8. The summed E-state index contributed by atoms with van der Waals surface area (Å²) in [4.78, 5) is 14.3. The van der Waals surface area contributed by atoms with E-state index >= 15 is 0 Å². The molecular formula is C21H37NOS. The molecule has 1 heterocycles. The third-order valence-corrected chi connectivity index (χ3v) is 5.68. The summed E-state index contributed by atoms with van der Waals surface area (Å²) in [5.41, 5.74) is 0. The van der Waals surface area contributed by atoms with E-state index in [4.69, 9.17) is 0 Å². The van der Waals surface area contributed by atoms with Crippen molar-refractivity contribution < 1.29 is 4.79 Å². The highest BCUT2D eigenvalue weighted by atomic mass is 32.1. The third-order valence-electron chi connectivity index (χ3n) is 4.60. The highest BCUT2D eigenvalue weighted by Gasteiger charge is 2.09. The molecule has 0 unspecified atom stereocenters. The Bertz CT molecular complexity index is 400. The van der Waals surface area contributed by atoms with Gasteiger partial charge < -0.3 is 4.90 Å². The molecule has 0 aliphatic carbocycles. The Labute approximate surface area is 153 Å². The number of unbranched alkanes of at least 4 members (excludes halogenated alkanes) is 10. The molecule has 24 heavy (non-hydrogen) atoms. The standard InChI is InChI=1S/C21H37NOS/c1-3-5-7-9-11-13-17-22(18-14-12-10-8-6-4-2)21-16-15-20(19-23)24-21/h15-16,19H,3-14,17-18H2,1-2H3. The molecule has 0 spiro atoms. The van der Waals surface area contributed by atoms with Crippen LogP contribution in [0.2, 0.25) is 0 Å². The first-order valence-electron chi connectivity index (χ1n) is 10.1. The van der Waals surface area contributed by atoms with Gasteiger partial charge in [-0.15, -0.1) is 11.3 Å². The van der Waals surface area contributed by atoms with Crippen LogP contribution in [-0.4, -0.2) is 19.4 Å². The van der Waals surface area contributed by atoms with E-state index in [1.807, 2.05) is 6.07 Å². The smallest absolute Gasteiger partial charge is 0.160 e. The van der Waals surface area contributed by atoms with Gasteiger partial charge in [-0.25, -0.2) is 0 Å². The summed E-state index contributed by atoms with van der Waals surface area (Å²) < 4.78 is 0. The van der Waals surface area contributed by atoms with Crippen LogP contribution >= 0.6 is 11.3 Å². The molecule has 0 atom stereocenters. The maximum absolute atomic E-state index is 11.0. The van der Waals surface area contributed by atoms with E-state index in [2.05, 4.69) is 24.8 Å². The van der Waals surface area contributed by atoms with E-state index in [-0.39, 0.29) is 0 Å². The Hall–Kier alpha value is -0.830. The van der Waals surface area contributed by atoms with Gasteiger partial charge in [-0.3, -0.25) is 4.79 Å². The zero-order chi connectivity index (χ0) is 17.5. The van der Waals surface area contributed by atoms with Crippen molar-refractivity contribution in [1.29, 1.82) is 0 Å². The Morgan fingerprint density at radius 1 is 0.792 bits per heavy atom. The lowest BCUT2D eigenvalue weighted by atomic mass is 10.1. The quantitative estimate of drug-likeness (QED) is 0.234. The second kappa shape index (κ2) is 14.5. The van der Waals surface area contributed by atoms with Crippen LogP contribution in [0, 0.1) is 0 Å². The Balaban J connectivity index is 2.34. The van der Waals surface area contributed by atoms with Crippen LogP contribution in [0.15, 0.2) is 12.1 Å². The highest BCUT2D eigenvalue weighted by molar-refractivity contribution is 7.17. The molecule has 2 nitrogen and oxygen atoms in total. The highest BCUT2D eigenvalue weighted by Crippen LogP contribution is 2.26. The molecule has 3 heteroatoms. The number of carbonyl (C=O) groups excluding carboxylic acids is 1. The van der Waals surface area contributed by atoms with Gasteiger partial charge in [0.2, 0.25) is 0 Å². The number of hydrogen-bond acceptors (Lipinski definition) is 3. The van der Waals surface area contributed by atoms with E-state index < -0.39 is 0 Å². The van der Waals surface area contributed by atoms with Gasteiger partial charge in [0.1, 0.15) is 0 Å². The van der Waals surface area contributed by atoms with Crippen molar-refractivity contribution in [1.82, 2.24) is 0 Å². The van der Waals surface area contributed by atoms with Crippen molar-refractivity contribution in [3.05, 3.63) is 17.0 Å². The van der Waals surface area contributed by atoms with Crippen molar-refractivity contribution in [2.75, 3.05) is 18.0 Å². The lowest BCUT2D eigenvalue weighted by Gasteiger charge is -2.23. The molecule has 0 aliphatic heterocycles. The molecule has 1 aromatic rings. The summed E-state index contributed by atoms with van der Waals surface area (Å²) in [6, 6.07) is 4.09. The Morgan fingerprint density at radius 2 is 1.29 bits per heavy atom. The van der Waals surface area contributed by atoms with Crippen LogP contribution in [0.25, 0.3) is 0 Å². The number of anilines is 1. The van der Waals surface area contributed by atoms with Gasteiger partial charge in [0.15, 0.2) is 6.29 Å². The average Bonchev–Trinajstić information content (AvgIpc) is 3.08. The molecule has 0 saturated heterocycles. The van der Waals surface area contributed by atoms with E-state index in [1.165, 1.54) is 82.1 Å². The van der Waals surface area contributed by atoms with Gasteiger partial charge in [0.05, 0.1) is 9.88 Å². The molecular weight excluding hydrogens is 314 g/mol. The summed E-state index contributed by atoms with van der Waals surface area (Å²) in [5, 5.41) is 1.28. The van der Waals surface area contributed by atoms with E-state index in [9.17, 15) is 4.79 Å². The van der Waals surface area contributed by atoms with E-state index in [1.54, 1.807) is 11.3 Å². The summed E-state index contributed by atoms with van der Waals surface area (Å²) in [6.07, 6.45) is 17.0. The molecule has 1 rings (SSSR count). The number of carbonyl (C=O) groups is 1. The summed E-state index contributed by atoms with van der Waals surface area (Å²) in [7, 11) is 0. The first kappa shape index (κ1) is 21.2. The molecule has 1 aromatic heterocycles. The monoisotopic (exact) mass is 351 g/mol. The van der Waals surface area contributed by atoms with Crippen molar-refractivity contribution in [2.24, 2.45) is 0 Å².